The molecule has 2 aromatic rings. The number of benzene rings is 2. The fourth-order valence-corrected chi connectivity index (χ4v) is 2.10. The SMILES string of the molecule is CC(C)Oc1ccc(C=NNc2ccc(C(F)(F)F)cc2)cc1Cl. The van der Waals surface area contributed by atoms with E-state index in [1.54, 1.807) is 18.2 Å². The molecule has 0 amide bonds. The quantitative estimate of drug-likeness (QED) is 0.559. The average Bonchev–Trinajstić information content (AvgIpc) is 2.49. The van der Waals surface area contributed by atoms with Gasteiger partial charge in [0.2, 0.25) is 0 Å². The number of nitrogens with one attached hydrogen (secondary N) is 1. The molecule has 2 rings (SSSR count). The number of anilines is 1. The van der Waals surface area contributed by atoms with Crippen molar-refractivity contribution in [2.45, 2.75) is 26.1 Å². The van der Waals surface area contributed by atoms with Gasteiger partial charge in [0.15, 0.2) is 0 Å². The van der Waals surface area contributed by atoms with Crippen molar-refractivity contribution in [1.82, 2.24) is 0 Å². The molecule has 0 aliphatic rings. The van der Waals surface area contributed by atoms with Gasteiger partial charge in [-0.05, 0) is 61.9 Å². The number of rotatable bonds is 5. The van der Waals surface area contributed by atoms with Crippen molar-refractivity contribution in [1.29, 1.82) is 0 Å². The van der Waals surface area contributed by atoms with Crippen LogP contribution in [0.4, 0.5) is 18.9 Å². The second-order valence-electron chi connectivity index (χ2n) is 5.30. The van der Waals surface area contributed by atoms with Crippen LogP contribution in [0.5, 0.6) is 5.75 Å². The Morgan fingerprint density at radius 2 is 1.79 bits per heavy atom. The minimum absolute atomic E-state index is 0.0170. The summed E-state index contributed by atoms with van der Waals surface area (Å²) in [5, 5.41) is 4.44. The first-order chi connectivity index (χ1) is 11.3. The van der Waals surface area contributed by atoms with E-state index < -0.39 is 11.7 Å². The fourth-order valence-electron chi connectivity index (χ4n) is 1.86. The van der Waals surface area contributed by atoms with E-state index in [4.69, 9.17) is 16.3 Å². The van der Waals surface area contributed by atoms with Crippen LogP contribution in [0.15, 0.2) is 47.6 Å². The molecule has 0 aromatic heterocycles. The van der Waals surface area contributed by atoms with Crippen LogP contribution in [0.1, 0.15) is 25.0 Å². The highest BCUT2D eigenvalue weighted by Gasteiger charge is 2.29. The lowest BCUT2D eigenvalue weighted by molar-refractivity contribution is -0.137. The molecule has 0 heterocycles. The molecule has 0 unspecified atom stereocenters. The lowest BCUT2D eigenvalue weighted by atomic mass is 10.2. The van der Waals surface area contributed by atoms with Crippen LogP contribution < -0.4 is 10.2 Å². The van der Waals surface area contributed by atoms with Crippen LogP contribution in [-0.2, 0) is 6.18 Å². The summed E-state index contributed by atoms with van der Waals surface area (Å²) >= 11 is 6.12. The largest absolute Gasteiger partial charge is 0.489 e. The molecule has 128 valence electrons. The number of nitrogens with zero attached hydrogens (tertiary/aromatic N) is 1. The molecule has 0 atom stereocenters. The van der Waals surface area contributed by atoms with Crippen LogP contribution >= 0.6 is 11.6 Å². The minimum Gasteiger partial charge on any atom is -0.489 e. The summed E-state index contributed by atoms with van der Waals surface area (Å²) in [5.74, 6) is 0.583. The van der Waals surface area contributed by atoms with Gasteiger partial charge in [-0.25, -0.2) is 0 Å². The Morgan fingerprint density at radius 1 is 1.12 bits per heavy atom. The van der Waals surface area contributed by atoms with Crippen molar-refractivity contribution in [3.05, 3.63) is 58.6 Å². The van der Waals surface area contributed by atoms with Gasteiger partial charge in [0, 0.05) is 0 Å². The molecule has 0 bridgehead atoms. The van der Waals surface area contributed by atoms with E-state index in [1.807, 2.05) is 13.8 Å². The molecule has 3 nitrogen and oxygen atoms in total. The third-order valence-electron chi connectivity index (χ3n) is 2.94. The van der Waals surface area contributed by atoms with Gasteiger partial charge in [-0.3, -0.25) is 5.43 Å². The maximum absolute atomic E-state index is 12.5. The smallest absolute Gasteiger partial charge is 0.416 e. The normalized spacial score (nSPS) is 12.0. The molecule has 0 aliphatic heterocycles. The van der Waals surface area contributed by atoms with Gasteiger partial charge >= 0.3 is 6.18 Å². The Hall–Kier alpha value is -2.21. The molecule has 0 saturated heterocycles. The van der Waals surface area contributed by atoms with Gasteiger partial charge in [-0.1, -0.05) is 11.6 Å². The fraction of sp³-hybridized carbons (Fsp3) is 0.235. The van der Waals surface area contributed by atoms with Crippen molar-refractivity contribution in [2.24, 2.45) is 5.10 Å². The third kappa shape index (κ3) is 5.16. The Bertz CT molecular complexity index is 713. The molecule has 0 fully saturated rings. The average molecular weight is 357 g/mol. The second-order valence-corrected chi connectivity index (χ2v) is 5.71. The van der Waals surface area contributed by atoms with Crippen LogP contribution in [0.3, 0.4) is 0 Å². The zero-order chi connectivity index (χ0) is 17.7. The summed E-state index contributed by atoms with van der Waals surface area (Å²) in [6.45, 7) is 3.80. The Balaban J connectivity index is 2.00. The monoisotopic (exact) mass is 356 g/mol. The van der Waals surface area contributed by atoms with Crippen molar-refractivity contribution >= 4 is 23.5 Å². The second kappa shape index (κ2) is 7.57. The van der Waals surface area contributed by atoms with E-state index in [9.17, 15) is 13.2 Å². The highest BCUT2D eigenvalue weighted by molar-refractivity contribution is 6.32. The summed E-state index contributed by atoms with van der Waals surface area (Å²) in [7, 11) is 0. The number of alkyl halides is 3. The zero-order valence-corrected chi connectivity index (χ0v) is 13.8. The van der Waals surface area contributed by atoms with E-state index in [0.29, 0.717) is 16.5 Å². The van der Waals surface area contributed by atoms with Crippen LogP contribution in [0.2, 0.25) is 5.02 Å². The van der Waals surface area contributed by atoms with E-state index in [-0.39, 0.29) is 6.10 Å². The Labute approximate surface area is 143 Å². The molecule has 2 aromatic carbocycles. The minimum atomic E-state index is -4.35. The van der Waals surface area contributed by atoms with Crippen LogP contribution in [0, 0.1) is 0 Å². The van der Waals surface area contributed by atoms with Crippen molar-refractivity contribution in [3.8, 4) is 5.75 Å². The summed E-state index contributed by atoms with van der Waals surface area (Å²) in [6.07, 6.45) is -2.82. The first-order valence-electron chi connectivity index (χ1n) is 7.18. The predicted octanol–water partition coefficient (Wildman–Crippen LogP) is 5.59. The molecular formula is C17H16ClF3N2O. The number of halogens is 4. The van der Waals surface area contributed by atoms with Gasteiger partial charge < -0.3 is 4.74 Å². The first kappa shape index (κ1) is 18.1. The standard InChI is InChI=1S/C17H16ClF3N2O/c1-11(2)24-16-8-3-12(9-15(16)18)10-22-23-14-6-4-13(5-7-14)17(19,20)21/h3-11,23H,1-2H3. The van der Waals surface area contributed by atoms with Crippen molar-refractivity contribution in [2.75, 3.05) is 5.43 Å². The maximum Gasteiger partial charge on any atom is 0.416 e. The highest BCUT2D eigenvalue weighted by atomic mass is 35.5. The molecular weight excluding hydrogens is 341 g/mol. The van der Waals surface area contributed by atoms with Gasteiger partial charge in [0.1, 0.15) is 5.75 Å². The van der Waals surface area contributed by atoms with Crippen LogP contribution in [0.25, 0.3) is 0 Å². The van der Waals surface area contributed by atoms with Gasteiger partial charge in [-0.2, -0.15) is 18.3 Å². The molecule has 0 saturated carbocycles. The summed E-state index contributed by atoms with van der Waals surface area (Å²) in [5.41, 5.74) is 3.14. The predicted molar refractivity (Wildman–Crippen MR) is 89.9 cm³/mol. The third-order valence-corrected chi connectivity index (χ3v) is 3.23. The molecule has 0 radical (unpaired) electrons. The van der Waals surface area contributed by atoms with E-state index in [2.05, 4.69) is 10.5 Å². The Morgan fingerprint density at radius 3 is 2.33 bits per heavy atom. The lowest BCUT2D eigenvalue weighted by Crippen LogP contribution is -2.06. The molecule has 7 heteroatoms. The van der Waals surface area contributed by atoms with E-state index >= 15 is 0 Å². The maximum atomic E-state index is 12.5. The first-order valence-corrected chi connectivity index (χ1v) is 7.56. The zero-order valence-electron chi connectivity index (χ0n) is 13.1. The van der Waals surface area contributed by atoms with Crippen molar-refractivity contribution in [3.63, 3.8) is 0 Å². The number of hydrogen-bond donors (Lipinski definition) is 1. The van der Waals surface area contributed by atoms with Gasteiger partial charge in [-0.15, -0.1) is 0 Å². The summed E-state index contributed by atoms with van der Waals surface area (Å²) in [6, 6.07) is 9.82. The van der Waals surface area contributed by atoms with Crippen LogP contribution in [-0.4, -0.2) is 12.3 Å². The number of hydrogen-bond acceptors (Lipinski definition) is 3. The lowest BCUT2D eigenvalue weighted by Gasteiger charge is -2.11. The molecule has 1 N–H and O–H groups in total. The topological polar surface area (TPSA) is 33.6 Å². The van der Waals surface area contributed by atoms with E-state index in [1.165, 1.54) is 18.3 Å². The van der Waals surface area contributed by atoms with Crippen molar-refractivity contribution < 1.29 is 17.9 Å². The molecule has 0 spiro atoms. The van der Waals surface area contributed by atoms with E-state index in [0.717, 1.165) is 17.7 Å². The summed E-state index contributed by atoms with van der Waals surface area (Å²) < 4.78 is 42.9. The summed E-state index contributed by atoms with van der Waals surface area (Å²) in [4.78, 5) is 0. The molecule has 24 heavy (non-hydrogen) atoms. The number of hydrazone groups is 1. The van der Waals surface area contributed by atoms with Gasteiger partial charge in [0.05, 0.1) is 28.6 Å². The molecule has 0 aliphatic carbocycles. The number of ether oxygens (including phenoxy) is 1. The Kier molecular flexibility index (Phi) is 5.72. The highest BCUT2D eigenvalue weighted by Crippen LogP contribution is 2.30. The van der Waals surface area contributed by atoms with Gasteiger partial charge in [0.25, 0.3) is 0 Å².